The Balaban J connectivity index is 1.43. The Kier molecular flexibility index (Phi) is 6.66. The van der Waals surface area contributed by atoms with E-state index in [2.05, 4.69) is 20.0 Å². The van der Waals surface area contributed by atoms with Gasteiger partial charge in [-0.25, -0.2) is 45.5 Å². The molecular weight excluding hydrogens is 609 g/mol. The van der Waals surface area contributed by atoms with Crippen molar-refractivity contribution in [2.75, 3.05) is 10.0 Å². The first kappa shape index (κ1) is 27.1. The molecule has 0 spiro atoms. The number of carbonyl (C=O) groups is 1. The second-order valence-electron chi connectivity index (χ2n) is 7.94. The molecular formula is C21H16N6O7S5. The van der Waals surface area contributed by atoms with Gasteiger partial charge in [0.2, 0.25) is 20.0 Å². The molecule has 6 N–H and O–H groups in total. The zero-order valence-corrected chi connectivity index (χ0v) is 23.3. The van der Waals surface area contributed by atoms with Crippen LogP contribution in [-0.4, -0.2) is 41.1 Å². The van der Waals surface area contributed by atoms with Gasteiger partial charge in [-0.3, -0.25) is 14.8 Å². The number of benzene rings is 3. The topological polar surface area (TPSA) is 221 Å². The van der Waals surface area contributed by atoms with Crippen molar-refractivity contribution in [1.29, 1.82) is 0 Å². The third-order valence-electron chi connectivity index (χ3n) is 5.24. The van der Waals surface area contributed by atoms with Gasteiger partial charge in [0.1, 0.15) is 4.90 Å². The average Bonchev–Trinajstić information content (AvgIpc) is 3.44. The number of fused-ring (bicyclic) bond motifs is 2. The van der Waals surface area contributed by atoms with E-state index in [4.69, 9.17) is 10.3 Å². The fraction of sp³-hybridized carbons (Fsp3) is 0. The highest BCUT2D eigenvalue weighted by molar-refractivity contribution is 7.93. The maximum absolute atomic E-state index is 13.2. The molecule has 1 amide bonds. The third-order valence-corrected chi connectivity index (χ3v) is 10.5. The first-order valence-corrected chi connectivity index (χ1v) is 16.7. The van der Waals surface area contributed by atoms with Crippen LogP contribution in [0.25, 0.3) is 20.4 Å². The number of sulfonamides is 3. The number of anilines is 2. The van der Waals surface area contributed by atoms with E-state index < -0.39 is 36.0 Å². The van der Waals surface area contributed by atoms with Crippen molar-refractivity contribution >= 4 is 89.3 Å². The number of nitrogens with two attached hydrogens (primary N) is 2. The van der Waals surface area contributed by atoms with Crippen molar-refractivity contribution in [3.63, 3.8) is 0 Å². The van der Waals surface area contributed by atoms with Crippen LogP contribution in [0, 0.1) is 0 Å². The lowest BCUT2D eigenvalue weighted by atomic mass is 10.2. The molecule has 2 heterocycles. The van der Waals surface area contributed by atoms with Crippen LogP contribution in [0.3, 0.4) is 0 Å². The molecule has 13 nitrogen and oxygen atoms in total. The minimum atomic E-state index is -4.32. The van der Waals surface area contributed by atoms with Gasteiger partial charge in [0.15, 0.2) is 10.3 Å². The number of carbonyl (C=O) groups excluding carboxylic acids is 1. The molecule has 0 aliphatic rings. The van der Waals surface area contributed by atoms with Gasteiger partial charge in [-0.2, -0.15) is 0 Å². The molecule has 0 aliphatic heterocycles. The Hall–Kier alpha value is -3.52. The smallest absolute Gasteiger partial charge is 0.264 e. The molecule has 39 heavy (non-hydrogen) atoms. The highest BCUT2D eigenvalue weighted by Crippen LogP contribution is 2.31. The van der Waals surface area contributed by atoms with Gasteiger partial charge < -0.3 is 0 Å². The molecule has 5 aromatic rings. The quantitative estimate of drug-likeness (QED) is 0.208. The summed E-state index contributed by atoms with van der Waals surface area (Å²) < 4.78 is 76.1. The predicted molar refractivity (Wildman–Crippen MR) is 147 cm³/mol. The van der Waals surface area contributed by atoms with Gasteiger partial charge in [0.25, 0.3) is 15.9 Å². The van der Waals surface area contributed by atoms with Gasteiger partial charge in [-0.05, 0) is 48.5 Å². The van der Waals surface area contributed by atoms with Crippen molar-refractivity contribution in [3.05, 3.63) is 66.2 Å². The lowest BCUT2D eigenvalue weighted by Crippen LogP contribution is -2.20. The summed E-state index contributed by atoms with van der Waals surface area (Å²) in [4.78, 5) is 20.9. The lowest BCUT2D eigenvalue weighted by Gasteiger charge is -2.10. The summed E-state index contributed by atoms with van der Waals surface area (Å²) in [7, 11) is -12.2. The van der Waals surface area contributed by atoms with Crippen LogP contribution >= 0.6 is 22.7 Å². The van der Waals surface area contributed by atoms with Crippen molar-refractivity contribution in [2.45, 2.75) is 14.7 Å². The standard InChI is InChI=1S/C21H16N6O7S5/c22-37(29,30)11-5-7-14-16(9-11)35-20(24-14)26-19(28)13-3-1-2-4-18(13)39(33,34)27-21-25-15-8-6-12(38(23,31)32)10-17(15)36-21/h1-10H,(H,25,27)(H2,22,29,30)(H2,23,31,32)(H,24,26,28). The molecule has 0 radical (unpaired) electrons. The number of rotatable bonds is 7. The zero-order valence-electron chi connectivity index (χ0n) is 19.2. The number of nitrogens with zero attached hydrogens (tertiary/aromatic N) is 2. The highest BCUT2D eigenvalue weighted by atomic mass is 32.2. The lowest BCUT2D eigenvalue weighted by molar-refractivity contribution is 0.102. The molecule has 3 aromatic carbocycles. The zero-order chi connectivity index (χ0) is 28.2. The molecule has 0 saturated heterocycles. The molecule has 5 rings (SSSR count). The van der Waals surface area contributed by atoms with Crippen LogP contribution in [0.15, 0.2) is 75.4 Å². The molecule has 0 atom stereocenters. The van der Waals surface area contributed by atoms with Gasteiger partial charge in [-0.15, -0.1) is 0 Å². The summed E-state index contributed by atoms with van der Waals surface area (Å²) in [6.07, 6.45) is 0. The fourth-order valence-electron chi connectivity index (χ4n) is 3.48. The van der Waals surface area contributed by atoms with Crippen LogP contribution in [-0.2, 0) is 30.1 Å². The minimum absolute atomic E-state index is 0.0522. The Labute approximate surface area is 229 Å². The number of aromatic nitrogens is 2. The van der Waals surface area contributed by atoms with Crippen LogP contribution in [0.4, 0.5) is 10.3 Å². The first-order valence-electron chi connectivity index (χ1n) is 10.5. The predicted octanol–water partition coefficient (Wildman–Crippen LogP) is 2.25. The fourth-order valence-corrected chi connectivity index (χ4v) is 7.96. The van der Waals surface area contributed by atoms with Crippen LogP contribution in [0.1, 0.15) is 10.4 Å². The second kappa shape index (κ2) is 9.59. The number of hydrogen-bond donors (Lipinski definition) is 4. The van der Waals surface area contributed by atoms with E-state index in [-0.39, 0.29) is 30.5 Å². The maximum atomic E-state index is 13.2. The van der Waals surface area contributed by atoms with E-state index in [0.717, 1.165) is 22.7 Å². The van der Waals surface area contributed by atoms with E-state index in [0.29, 0.717) is 20.4 Å². The largest absolute Gasteiger partial charge is 0.298 e. The SMILES string of the molecule is NS(=O)(=O)c1ccc2nc(NC(=O)c3ccccc3S(=O)(=O)Nc3nc4ccc(S(N)(=O)=O)cc4s3)sc2c1. The molecule has 202 valence electrons. The molecule has 0 fully saturated rings. The summed E-state index contributed by atoms with van der Waals surface area (Å²) in [5.41, 5.74) is 0.566. The maximum Gasteiger partial charge on any atom is 0.264 e. The Morgan fingerprint density at radius 1 is 0.718 bits per heavy atom. The highest BCUT2D eigenvalue weighted by Gasteiger charge is 2.24. The Morgan fingerprint density at radius 3 is 1.79 bits per heavy atom. The van der Waals surface area contributed by atoms with E-state index in [9.17, 15) is 30.0 Å². The van der Waals surface area contributed by atoms with E-state index >= 15 is 0 Å². The molecule has 0 bridgehead atoms. The average molecular weight is 625 g/mol. The van der Waals surface area contributed by atoms with Crippen LogP contribution < -0.4 is 20.3 Å². The minimum Gasteiger partial charge on any atom is -0.298 e. The summed E-state index contributed by atoms with van der Waals surface area (Å²) in [6.45, 7) is 0. The molecule has 0 aliphatic carbocycles. The first-order chi connectivity index (χ1) is 18.2. The van der Waals surface area contributed by atoms with E-state index in [1.807, 2.05) is 0 Å². The summed E-state index contributed by atoms with van der Waals surface area (Å²) in [6, 6.07) is 13.5. The number of primary sulfonamides is 2. The normalized spacial score (nSPS) is 12.6. The second-order valence-corrected chi connectivity index (χ2v) is 14.8. The van der Waals surface area contributed by atoms with Crippen LogP contribution in [0.5, 0.6) is 0 Å². The van der Waals surface area contributed by atoms with Gasteiger partial charge in [-0.1, -0.05) is 34.8 Å². The number of nitrogens with one attached hydrogen (secondary N) is 2. The number of hydrogen-bond acceptors (Lipinski definition) is 11. The Morgan fingerprint density at radius 2 is 1.23 bits per heavy atom. The van der Waals surface area contributed by atoms with Gasteiger partial charge >= 0.3 is 0 Å². The molecule has 18 heteroatoms. The van der Waals surface area contributed by atoms with Crippen molar-refractivity contribution in [1.82, 2.24) is 9.97 Å². The van der Waals surface area contributed by atoms with Crippen molar-refractivity contribution < 1.29 is 30.0 Å². The van der Waals surface area contributed by atoms with Gasteiger partial charge in [0.05, 0.1) is 35.8 Å². The molecule has 2 aromatic heterocycles. The summed E-state index contributed by atoms with van der Waals surface area (Å²) >= 11 is 1.87. The molecule has 0 saturated carbocycles. The van der Waals surface area contributed by atoms with Crippen molar-refractivity contribution in [2.24, 2.45) is 10.3 Å². The van der Waals surface area contributed by atoms with E-state index in [1.54, 1.807) is 0 Å². The third kappa shape index (κ3) is 5.62. The number of amides is 1. The van der Waals surface area contributed by atoms with Crippen molar-refractivity contribution in [3.8, 4) is 0 Å². The monoisotopic (exact) mass is 624 g/mol. The van der Waals surface area contributed by atoms with Gasteiger partial charge in [0, 0.05) is 0 Å². The Bertz CT molecular complexity index is 2120. The summed E-state index contributed by atoms with van der Waals surface area (Å²) in [5.74, 6) is -0.774. The summed E-state index contributed by atoms with van der Waals surface area (Å²) in [5, 5.41) is 12.9. The number of thiazole rings is 2. The molecule has 0 unspecified atom stereocenters. The van der Waals surface area contributed by atoms with Crippen LogP contribution in [0.2, 0.25) is 0 Å². The van der Waals surface area contributed by atoms with E-state index in [1.165, 1.54) is 60.7 Å².